The first-order valence-electron chi connectivity index (χ1n) is 7.94. The summed E-state index contributed by atoms with van der Waals surface area (Å²) in [5, 5.41) is 3.28. The summed E-state index contributed by atoms with van der Waals surface area (Å²) in [7, 11) is 2.04. The highest BCUT2D eigenvalue weighted by Gasteiger charge is 2.22. The molecule has 1 aromatic carbocycles. The molecule has 0 spiro atoms. The Labute approximate surface area is 123 Å². The van der Waals surface area contributed by atoms with Gasteiger partial charge in [-0.05, 0) is 52.4 Å². The molecule has 1 aromatic rings. The first-order chi connectivity index (χ1) is 9.85. The Morgan fingerprint density at radius 1 is 1.30 bits per heavy atom. The quantitative estimate of drug-likeness (QED) is 0.828. The van der Waals surface area contributed by atoms with Crippen molar-refractivity contribution in [1.82, 2.24) is 10.2 Å². The lowest BCUT2D eigenvalue weighted by Crippen LogP contribution is -2.40. The number of hydrogen-bond acceptors (Lipinski definition) is 3. The number of ether oxygens (including phenoxy) is 1. The van der Waals surface area contributed by atoms with Crippen LogP contribution < -0.4 is 10.1 Å². The fraction of sp³-hybridized carbons (Fsp3) is 0.647. The summed E-state index contributed by atoms with van der Waals surface area (Å²) < 4.78 is 5.76. The van der Waals surface area contributed by atoms with Crippen LogP contribution >= 0.6 is 0 Å². The second kappa shape index (κ2) is 8.28. The van der Waals surface area contributed by atoms with Gasteiger partial charge in [0.15, 0.2) is 0 Å². The van der Waals surface area contributed by atoms with Crippen LogP contribution in [0.25, 0.3) is 0 Å². The fourth-order valence-electron chi connectivity index (χ4n) is 3.06. The fourth-order valence-corrected chi connectivity index (χ4v) is 3.06. The highest BCUT2D eigenvalue weighted by Crippen LogP contribution is 2.25. The minimum absolute atomic E-state index is 0.714. The molecule has 2 rings (SSSR count). The lowest BCUT2D eigenvalue weighted by atomic mass is 9.98. The molecule has 1 aliphatic heterocycles. The van der Waals surface area contributed by atoms with Crippen molar-refractivity contribution < 1.29 is 4.74 Å². The van der Waals surface area contributed by atoms with Crippen LogP contribution in [-0.4, -0.2) is 37.7 Å². The summed E-state index contributed by atoms with van der Waals surface area (Å²) in [5.41, 5.74) is 1.32. The molecule has 1 N–H and O–H groups in total. The van der Waals surface area contributed by atoms with E-state index in [-0.39, 0.29) is 0 Å². The molecule has 1 unspecified atom stereocenters. The molecule has 0 amide bonds. The van der Waals surface area contributed by atoms with Crippen molar-refractivity contribution in [2.24, 2.45) is 0 Å². The molecule has 1 atom stereocenters. The van der Waals surface area contributed by atoms with Crippen molar-refractivity contribution in [2.45, 2.75) is 45.2 Å². The Morgan fingerprint density at radius 3 is 2.95 bits per heavy atom. The van der Waals surface area contributed by atoms with E-state index in [0.717, 1.165) is 25.4 Å². The van der Waals surface area contributed by atoms with Gasteiger partial charge in [0.1, 0.15) is 5.75 Å². The predicted octanol–water partition coefficient (Wildman–Crippen LogP) is 3.05. The maximum absolute atomic E-state index is 5.76. The maximum Gasteiger partial charge on any atom is 0.123 e. The summed E-state index contributed by atoms with van der Waals surface area (Å²) in [4.78, 5) is 2.64. The monoisotopic (exact) mass is 276 g/mol. The third-order valence-corrected chi connectivity index (χ3v) is 4.12. The SMILES string of the molecule is CCOc1ccccc1CN1CCCCC1CCNC. The number of nitrogens with zero attached hydrogens (tertiary/aromatic N) is 1. The Bertz CT molecular complexity index is 394. The number of piperidine rings is 1. The highest BCUT2D eigenvalue weighted by atomic mass is 16.5. The van der Waals surface area contributed by atoms with Gasteiger partial charge in [0.25, 0.3) is 0 Å². The van der Waals surface area contributed by atoms with Crippen molar-refractivity contribution >= 4 is 0 Å². The summed E-state index contributed by atoms with van der Waals surface area (Å²) in [5.74, 6) is 1.05. The van der Waals surface area contributed by atoms with E-state index < -0.39 is 0 Å². The molecule has 0 aromatic heterocycles. The summed E-state index contributed by atoms with van der Waals surface area (Å²) in [6.45, 7) is 6.13. The van der Waals surface area contributed by atoms with Crippen LogP contribution in [0.2, 0.25) is 0 Å². The summed E-state index contributed by atoms with van der Waals surface area (Å²) in [6.07, 6.45) is 5.27. The Balaban J connectivity index is 2.02. The molecule has 112 valence electrons. The Morgan fingerprint density at radius 2 is 2.15 bits per heavy atom. The van der Waals surface area contributed by atoms with E-state index in [1.807, 2.05) is 14.0 Å². The zero-order chi connectivity index (χ0) is 14.2. The molecule has 1 fully saturated rings. The van der Waals surface area contributed by atoms with Crippen molar-refractivity contribution in [3.8, 4) is 5.75 Å². The minimum Gasteiger partial charge on any atom is -0.494 e. The van der Waals surface area contributed by atoms with Crippen LogP contribution in [0.4, 0.5) is 0 Å². The third-order valence-electron chi connectivity index (χ3n) is 4.12. The third kappa shape index (κ3) is 4.22. The molecule has 1 saturated heterocycles. The van der Waals surface area contributed by atoms with E-state index in [2.05, 4.69) is 34.5 Å². The average molecular weight is 276 g/mol. The standard InChI is InChI=1S/C17H28N2O/c1-3-20-17-10-5-4-8-15(17)14-19-13-7-6-9-16(19)11-12-18-2/h4-5,8,10,16,18H,3,6-7,9,11-14H2,1-2H3. The molecule has 1 aliphatic rings. The Hall–Kier alpha value is -1.06. The molecule has 3 heteroatoms. The van der Waals surface area contributed by atoms with Gasteiger partial charge in [-0.25, -0.2) is 0 Å². The van der Waals surface area contributed by atoms with Gasteiger partial charge in [0.05, 0.1) is 6.61 Å². The van der Waals surface area contributed by atoms with Gasteiger partial charge in [0, 0.05) is 18.2 Å². The lowest BCUT2D eigenvalue weighted by Gasteiger charge is -2.36. The predicted molar refractivity (Wildman–Crippen MR) is 84.2 cm³/mol. The van der Waals surface area contributed by atoms with Gasteiger partial charge in [-0.15, -0.1) is 0 Å². The number of nitrogens with one attached hydrogen (secondary N) is 1. The smallest absolute Gasteiger partial charge is 0.123 e. The van der Waals surface area contributed by atoms with E-state index in [4.69, 9.17) is 4.74 Å². The minimum atomic E-state index is 0.714. The number of benzene rings is 1. The summed E-state index contributed by atoms with van der Waals surface area (Å²) >= 11 is 0. The molecule has 3 nitrogen and oxygen atoms in total. The average Bonchev–Trinajstić information content (AvgIpc) is 2.49. The topological polar surface area (TPSA) is 24.5 Å². The van der Waals surface area contributed by atoms with Gasteiger partial charge in [0.2, 0.25) is 0 Å². The molecule has 0 saturated carbocycles. The molecule has 0 aliphatic carbocycles. The molecule has 0 bridgehead atoms. The Kier molecular flexibility index (Phi) is 6.34. The lowest BCUT2D eigenvalue weighted by molar-refractivity contribution is 0.131. The van der Waals surface area contributed by atoms with Gasteiger partial charge in [-0.3, -0.25) is 4.90 Å². The number of para-hydroxylation sites is 1. The summed E-state index contributed by atoms with van der Waals surface area (Å²) in [6, 6.07) is 9.18. The number of rotatable bonds is 7. The van der Waals surface area contributed by atoms with Gasteiger partial charge < -0.3 is 10.1 Å². The second-order valence-electron chi connectivity index (χ2n) is 5.55. The van der Waals surface area contributed by atoms with Gasteiger partial charge in [-0.2, -0.15) is 0 Å². The molecule has 0 radical (unpaired) electrons. The first-order valence-corrected chi connectivity index (χ1v) is 7.94. The normalized spacial score (nSPS) is 20.0. The largest absolute Gasteiger partial charge is 0.494 e. The van der Waals surface area contributed by atoms with Crippen molar-refractivity contribution in [3.05, 3.63) is 29.8 Å². The number of likely N-dealkylation sites (tertiary alicyclic amines) is 1. The van der Waals surface area contributed by atoms with E-state index >= 15 is 0 Å². The van der Waals surface area contributed by atoms with E-state index in [0.29, 0.717) is 6.04 Å². The van der Waals surface area contributed by atoms with Crippen LogP contribution in [-0.2, 0) is 6.54 Å². The maximum atomic E-state index is 5.76. The molecule has 1 heterocycles. The van der Waals surface area contributed by atoms with Gasteiger partial charge in [-0.1, -0.05) is 24.6 Å². The van der Waals surface area contributed by atoms with E-state index in [1.54, 1.807) is 0 Å². The number of hydrogen-bond donors (Lipinski definition) is 1. The van der Waals surface area contributed by atoms with Crippen LogP contribution in [0.3, 0.4) is 0 Å². The van der Waals surface area contributed by atoms with E-state index in [1.165, 1.54) is 37.8 Å². The zero-order valence-corrected chi connectivity index (χ0v) is 12.9. The first kappa shape index (κ1) is 15.3. The van der Waals surface area contributed by atoms with Crippen LogP contribution in [0.1, 0.15) is 38.2 Å². The van der Waals surface area contributed by atoms with Gasteiger partial charge >= 0.3 is 0 Å². The van der Waals surface area contributed by atoms with Crippen molar-refractivity contribution in [3.63, 3.8) is 0 Å². The zero-order valence-electron chi connectivity index (χ0n) is 12.9. The molecular formula is C17H28N2O. The van der Waals surface area contributed by atoms with Crippen LogP contribution in [0.5, 0.6) is 5.75 Å². The second-order valence-corrected chi connectivity index (χ2v) is 5.55. The molecule has 20 heavy (non-hydrogen) atoms. The molecular weight excluding hydrogens is 248 g/mol. The van der Waals surface area contributed by atoms with Crippen LogP contribution in [0.15, 0.2) is 24.3 Å². The van der Waals surface area contributed by atoms with E-state index in [9.17, 15) is 0 Å². The van der Waals surface area contributed by atoms with Crippen molar-refractivity contribution in [2.75, 3.05) is 26.7 Å². The van der Waals surface area contributed by atoms with Crippen LogP contribution in [0, 0.1) is 0 Å². The highest BCUT2D eigenvalue weighted by molar-refractivity contribution is 5.33. The van der Waals surface area contributed by atoms with Crippen molar-refractivity contribution in [1.29, 1.82) is 0 Å².